The molecule has 3 aromatic carbocycles. The summed E-state index contributed by atoms with van der Waals surface area (Å²) in [6.45, 7) is 7.05. The second-order valence-electron chi connectivity index (χ2n) is 16.4. The van der Waals surface area contributed by atoms with E-state index >= 15 is 4.39 Å². The zero-order chi connectivity index (χ0) is 44.6. The van der Waals surface area contributed by atoms with Crippen molar-refractivity contribution < 1.29 is 57.9 Å². The van der Waals surface area contributed by atoms with Crippen molar-refractivity contribution in [1.82, 2.24) is 24.1 Å². The predicted octanol–water partition coefficient (Wildman–Crippen LogP) is 1.53. The van der Waals surface area contributed by atoms with Crippen LogP contribution >= 0.6 is 0 Å². The van der Waals surface area contributed by atoms with Crippen LogP contribution in [0.4, 0.5) is 20.2 Å². The van der Waals surface area contributed by atoms with Gasteiger partial charge < -0.3 is 49.5 Å². The number of ether oxygens (including phenoxy) is 3. The first-order chi connectivity index (χ1) is 30.2. The van der Waals surface area contributed by atoms with Gasteiger partial charge in [-0.2, -0.15) is 5.10 Å². The van der Waals surface area contributed by atoms with Crippen LogP contribution in [0.25, 0.3) is 5.69 Å². The van der Waals surface area contributed by atoms with Gasteiger partial charge in [0.2, 0.25) is 12.6 Å². The number of aliphatic carboxylic acids is 1. The third-order valence-electron chi connectivity index (χ3n) is 12.2. The van der Waals surface area contributed by atoms with E-state index in [1.165, 1.54) is 43.5 Å². The fourth-order valence-electron chi connectivity index (χ4n) is 8.79. The van der Waals surface area contributed by atoms with E-state index in [1.807, 2.05) is 55.5 Å². The van der Waals surface area contributed by atoms with Crippen molar-refractivity contribution in [1.29, 1.82) is 0 Å². The number of rotatable bonds is 14. The van der Waals surface area contributed by atoms with E-state index < -0.39 is 66.0 Å². The molecule has 0 spiro atoms. The molecule has 0 unspecified atom stereocenters. The van der Waals surface area contributed by atoms with Crippen LogP contribution in [0.2, 0.25) is 0 Å². The van der Waals surface area contributed by atoms with E-state index in [1.54, 1.807) is 6.92 Å². The molecule has 3 fully saturated rings. The Bertz CT molecular complexity index is 2420. The zero-order valence-electron chi connectivity index (χ0n) is 34.7. The van der Waals surface area contributed by atoms with Crippen LogP contribution in [0.1, 0.15) is 44.5 Å². The number of nitrogens with zero attached hydrogens (tertiary/aromatic N) is 8. The molecule has 5 aromatic rings. The maximum absolute atomic E-state index is 15.4. The molecule has 0 bridgehead atoms. The Morgan fingerprint density at radius 1 is 0.937 bits per heavy atom. The van der Waals surface area contributed by atoms with Crippen LogP contribution in [-0.4, -0.2) is 126 Å². The highest BCUT2D eigenvalue weighted by atomic mass is 19.1. The quantitative estimate of drug-likeness (QED) is 0.100. The highest BCUT2D eigenvalue weighted by molar-refractivity contribution is 5.73. The van der Waals surface area contributed by atoms with Crippen LogP contribution in [0, 0.1) is 17.6 Å². The maximum atomic E-state index is 15.4. The molecular weight excluding hydrogens is 827 g/mol. The number of piperazine rings is 1. The smallest absolute Gasteiger partial charge is 0.350 e. The average Bonchev–Trinajstić information content (AvgIpc) is 4.02. The molecule has 3 aliphatic rings. The standard InChI is InChI=1S/C43H50F2N8O10/c1-3-35(26(2)54)53-42(60)52(24-47-53)31-7-5-29(6-8-31)48-14-16-49(17-15-48)30-9-11-32(12-10-30)61-20-27-19-43(62-21-27,33-13-4-28(44)18-34(33)45)22-51-25-50(23-46-51)40-38(57)36(55)37(56)39(63-40)41(58)59/h4-13,18,23-27,35-40,54-57H,3,14-17,19-22H2,1-2H3/p+1/t26-,27+,35-,36-,37-,38+,39-,40+,43-/m0/s1. The SMILES string of the molecule is CC[C@@H]([C@H](C)O)n1ncn(-c2ccc(N3CCN(c4ccc(OC[C@@H]5CO[C@@](Cn6c[n+]([C@@H]7O[C@H](C(=O)O)[C@@H](O)[C@H](O)[C@H]7O)cn6)(c6ccc(F)cc6F)C5)cc4)CC3)cc2)c1=O. The third-order valence-corrected chi connectivity index (χ3v) is 12.2. The van der Waals surface area contributed by atoms with Crippen LogP contribution in [0.15, 0.2) is 90.5 Å². The van der Waals surface area contributed by atoms with Gasteiger partial charge in [-0.1, -0.05) is 13.0 Å². The van der Waals surface area contributed by atoms with Crippen LogP contribution in [0.5, 0.6) is 5.75 Å². The highest BCUT2D eigenvalue weighted by Crippen LogP contribution is 2.42. The average molecular weight is 878 g/mol. The van der Waals surface area contributed by atoms with Crippen LogP contribution in [-0.2, 0) is 26.4 Å². The molecule has 9 atom stereocenters. The number of benzene rings is 3. The minimum atomic E-state index is -1.87. The van der Waals surface area contributed by atoms with Crippen molar-refractivity contribution in [3.8, 4) is 11.4 Å². The topological polar surface area (TPSA) is 214 Å². The summed E-state index contributed by atoms with van der Waals surface area (Å²) in [7, 11) is 0. The minimum Gasteiger partial charge on any atom is -0.493 e. The summed E-state index contributed by atoms with van der Waals surface area (Å²) in [6.07, 6.45) is -4.39. The molecule has 0 aliphatic carbocycles. The van der Waals surface area contributed by atoms with Crippen LogP contribution in [0.3, 0.4) is 0 Å². The Morgan fingerprint density at radius 3 is 2.21 bits per heavy atom. The molecule has 63 heavy (non-hydrogen) atoms. The second kappa shape index (κ2) is 18.1. The van der Waals surface area contributed by atoms with Crippen molar-refractivity contribution in [3.63, 3.8) is 0 Å². The Kier molecular flexibility index (Phi) is 12.6. The van der Waals surface area contributed by atoms with Gasteiger partial charge in [-0.25, -0.2) is 32.2 Å². The number of carbonyl (C=O) groups is 1. The maximum Gasteiger partial charge on any atom is 0.350 e. The largest absolute Gasteiger partial charge is 0.493 e. The number of anilines is 2. The van der Waals surface area contributed by atoms with Crippen molar-refractivity contribution in [2.45, 2.75) is 81.6 Å². The predicted molar refractivity (Wildman–Crippen MR) is 219 cm³/mol. The van der Waals surface area contributed by atoms with E-state index in [9.17, 15) is 39.5 Å². The van der Waals surface area contributed by atoms with Crippen molar-refractivity contribution in [3.05, 3.63) is 113 Å². The first-order valence-corrected chi connectivity index (χ1v) is 20.9. The fraction of sp³-hybridized carbons (Fsp3) is 0.465. The van der Waals surface area contributed by atoms with Crippen molar-refractivity contribution in [2.24, 2.45) is 5.92 Å². The summed E-state index contributed by atoms with van der Waals surface area (Å²) in [5, 5.41) is 59.1. The number of hydrogen-bond acceptors (Lipinski definition) is 13. The van der Waals surface area contributed by atoms with E-state index in [-0.39, 0.29) is 43.4 Å². The summed E-state index contributed by atoms with van der Waals surface area (Å²) in [4.78, 5) is 29.3. The normalized spacial score (nSPS) is 26.2. The summed E-state index contributed by atoms with van der Waals surface area (Å²) >= 11 is 0. The zero-order valence-corrected chi connectivity index (χ0v) is 34.7. The van der Waals surface area contributed by atoms with Gasteiger partial charge in [0.05, 0.1) is 31.0 Å². The molecule has 336 valence electrons. The molecule has 5 N–H and O–H groups in total. The molecule has 0 saturated carbocycles. The van der Waals surface area contributed by atoms with E-state index in [0.717, 1.165) is 49.7 Å². The molecule has 3 aliphatic heterocycles. The molecular formula is C43H51F2N8O10+. The van der Waals surface area contributed by atoms with E-state index in [2.05, 4.69) is 20.0 Å². The minimum absolute atomic E-state index is 0.0680. The van der Waals surface area contributed by atoms with Gasteiger partial charge in [-0.3, -0.25) is 0 Å². The van der Waals surface area contributed by atoms with Crippen molar-refractivity contribution in [2.75, 3.05) is 49.2 Å². The molecule has 0 amide bonds. The van der Waals surface area contributed by atoms with Gasteiger partial charge >= 0.3 is 11.7 Å². The van der Waals surface area contributed by atoms with E-state index in [4.69, 9.17) is 14.2 Å². The summed E-state index contributed by atoms with van der Waals surface area (Å²) in [5.74, 6) is -2.67. The lowest BCUT2D eigenvalue weighted by Crippen LogP contribution is -2.63. The van der Waals surface area contributed by atoms with Gasteiger partial charge in [0, 0.05) is 60.2 Å². The molecule has 2 aromatic heterocycles. The lowest BCUT2D eigenvalue weighted by molar-refractivity contribution is -0.777. The number of aliphatic hydroxyl groups excluding tert-OH is 4. The van der Waals surface area contributed by atoms with Gasteiger partial charge in [0.25, 0.3) is 6.33 Å². The third kappa shape index (κ3) is 8.91. The van der Waals surface area contributed by atoms with E-state index in [0.29, 0.717) is 17.9 Å². The Morgan fingerprint density at radius 2 is 1.59 bits per heavy atom. The van der Waals surface area contributed by atoms with Crippen molar-refractivity contribution >= 4 is 17.3 Å². The monoisotopic (exact) mass is 877 g/mol. The highest BCUT2D eigenvalue weighted by Gasteiger charge is 2.50. The molecule has 18 nitrogen and oxygen atoms in total. The number of aliphatic hydroxyl groups is 4. The number of carboxylic acids is 1. The van der Waals surface area contributed by atoms with Crippen LogP contribution < -0.4 is 24.8 Å². The number of carboxylic acid groups (broad SMARTS) is 1. The summed E-state index contributed by atoms with van der Waals surface area (Å²) in [6, 6.07) is 18.4. The second-order valence-corrected chi connectivity index (χ2v) is 16.4. The fourth-order valence-corrected chi connectivity index (χ4v) is 8.79. The Labute approximate surface area is 360 Å². The Hall–Kier alpha value is -5.77. The summed E-state index contributed by atoms with van der Waals surface area (Å²) in [5.41, 5.74) is 1.26. The Balaban J connectivity index is 0.871. The number of hydrogen-bond donors (Lipinski definition) is 5. The molecule has 0 radical (unpaired) electrons. The van der Waals surface area contributed by atoms with Gasteiger partial charge in [-0.05, 0) is 74.4 Å². The lowest BCUT2D eigenvalue weighted by atomic mass is 9.87. The summed E-state index contributed by atoms with van der Waals surface area (Å²) < 4.78 is 52.9. The number of aromatic nitrogens is 6. The first kappa shape index (κ1) is 43.9. The molecule has 8 rings (SSSR count). The molecule has 3 saturated heterocycles. The van der Waals surface area contributed by atoms with Gasteiger partial charge in [-0.15, -0.1) is 4.68 Å². The van der Waals surface area contributed by atoms with Gasteiger partial charge in [0.15, 0.2) is 6.10 Å². The first-order valence-electron chi connectivity index (χ1n) is 20.9. The molecule has 5 heterocycles. The number of halogens is 2. The van der Waals surface area contributed by atoms with Gasteiger partial charge in [0.1, 0.15) is 54.2 Å². The lowest BCUT2D eigenvalue weighted by Gasteiger charge is -2.37. The molecule has 20 heteroatoms.